The molecule has 2 saturated carbocycles. The molecule has 202 valence electrons. The Kier molecular flexibility index (Phi) is 8.94. The highest BCUT2D eigenvalue weighted by molar-refractivity contribution is 5.67. The van der Waals surface area contributed by atoms with Crippen molar-refractivity contribution in [1.29, 1.82) is 0 Å². The Morgan fingerprint density at radius 1 is 0.972 bits per heavy atom. The van der Waals surface area contributed by atoms with E-state index in [-0.39, 0.29) is 17.6 Å². The number of nitrogens with one attached hydrogen (secondary N) is 1. The third-order valence-electron chi connectivity index (χ3n) is 7.91. The third-order valence-corrected chi connectivity index (χ3v) is 7.91. The number of nitrogens with zero attached hydrogens (tertiary/aromatic N) is 1. The van der Waals surface area contributed by atoms with Crippen molar-refractivity contribution >= 4 is 6.09 Å². The molecule has 8 heteroatoms. The average molecular weight is 505 g/mol. The van der Waals surface area contributed by atoms with Crippen LogP contribution in [0, 0.1) is 11.3 Å². The molecule has 3 aliphatic rings. The molecule has 0 unspecified atom stereocenters. The van der Waals surface area contributed by atoms with Crippen LogP contribution in [0.2, 0.25) is 0 Å². The number of carbonyl (C=O) groups is 1. The lowest BCUT2D eigenvalue weighted by Gasteiger charge is -2.48. The average Bonchev–Trinajstić information content (AvgIpc) is 2.86. The second-order valence-electron chi connectivity index (χ2n) is 11.9. The Bertz CT molecular complexity index is 814. The van der Waals surface area contributed by atoms with Crippen LogP contribution >= 0.6 is 0 Å². The minimum atomic E-state index is -0.911. The molecule has 2 aliphatic carbocycles. The number of ether oxygens (including phenoxy) is 1. The smallest absolute Gasteiger partial charge is 0.407 e. The van der Waals surface area contributed by atoms with Gasteiger partial charge in [-0.3, -0.25) is 0 Å². The number of carbonyl (C=O) groups excluding carboxylic acids is 1. The molecule has 0 radical (unpaired) electrons. The Morgan fingerprint density at radius 3 is 2.08 bits per heavy atom. The minimum Gasteiger partial charge on any atom is -0.446 e. The highest BCUT2D eigenvalue weighted by atomic mass is 17.4. The number of alkyl carbamates (subject to hydrolysis) is 1. The summed E-state index contributed by atoms with van der Waals surface area (Å²) in [6.07, 6.45) is 6.29. The molecule has 36 heavy (non-hydrogen) atoms. The summed E-state index contributed by atoms with van der Waals surface area (Å²) in [5.41, 5.74) is 1.56. The van der Waals surface area contributed by atoms with Crippen LogP contribution in [0.1, 0.15) is 84.1 Å². The predicted octanol–water partition coefficient (Wildman–Crippen LogP) is 5.72. The van der Waals surface area contributed by atoms with Crippen molar-refractivity contribution in [3.8, 4) is 0 Å². The van der Waals surface area contributed by atoms with E-state index in [0.717, 1.165) is 45.2 Å². The molecule has 0 bridgehead atoms. The van der Waals surface area contributed by atoms with Crippen LogP contribution in [0.4, 0.5) is 4.79 Å². The van der Waals surface area contributed by atoms with E-state index in [9.17, 15) is 4.79 Å². The SMILES string of the molecule is CN(CCCNC(=O)OC1CCC2(CC1)OOC1(CCC(C(C)(C)C)CC1)OO2)Cc1ccccc1. The molecule has 4 rings (SSSR count). The van der Waals surface area contributed by atoms with Crippen molar-refractivity contribution in [3.63, 3.8) is 0 Å². The lowest BCUT2D eigenvalue weighted by atomic mass is 9.71. The van der Waals surface area contributed by atoms with E-state index < -0.39 is 11.6 Å². The molecule has 1 amide bonds. The Labute approximate surface area is 215 Å². The highest BCUT2D eigenvalue weighted by Gasteiger charge is 2.52. The number of hydrogen-bond acceptors (Lipinski definition) is 7. The van der Waals surface area contributed by atoms with Crippen LogP contribution in [-0.2, 0) is 30.8 Å². The van der Waals surface area contributed by atoms with E-state index in [1.54, 1.807) is 0 Å². The van der Waals surface area contributed by atoms with Crippen LogP contribution in [0.15, 0.2) is 30.3 Å². The lowest BCUT2D eigenvalue weighted by molar-refractivity contribution is -0.663. The first-order valence-electron chi connectivity index (χ1n) is 13.6. The molecule has 8 nitrogen and oxygen atoms in total. The van der Waals surface area contributed by atoms with Crippen molar-refractivity contribution in [2.45, 2.75) is 103 Å². The maximum absolute atomic E-state index is 12.3. The predicted molar refractivity (Wildman–Crippen MR) is 135 cm³/mol. The summed E-state index contributed by atoms with van der Waals surface area (Å²) in [5, 5.41) is 2.87. The molecule has 1 N–H and O–H groups in total. The first-order valence-corrected chi connectivity index (χ1v) is 13.6. The van der Waals surface area contributed by atoms with Gasteiger partial charge in [-0.25, -0.2) is 4.79 Å². The third kappa shape index (κ3) is 7.42. The number of benzene rings is 1. The molecule has 0 atom stereocenters. The number of rotatable bonds is 7. The summed E-state index contributed by atoms with van der Waals surface area (Å²) in [6.45, 7) is 9.23. The van der Waals surface area contributed by atoms with Crippen molar-refractivity contribution in [1.82, 2.24) is 10.2 Å². The standard InChI is InChI=1S/C28H44N2O6/c1-26(2,3)23-11-15-27(16-12-23)33-35-28(36-34-27)17-13-24(14-18-28)32-25(31)29-19-8-20-30(4)21-22-9-6-5-7-10-22/h5-7,9-10,23-24H,8,11-21H2,1-4H3,(H,29,31). The monoisotopic (exact) mass is 504 g/mol. The topological polar surface area (TPSA) is 78.5 Å². The first kappa shape index (κ1) is 27.3. The Hall–Kier alpha value is -1.71. The molecule has 1 saturated heterocycles. The lowest BCUT2D eigenvalue weighted by Crippen LogP contribution is -2.54. The van der Waals surface area contributed by atoms with Gasteiger partial charge in [0.1, 0.15) is 6.10 Å². The molecular weight excluding hydrogens is 460 g/mol. The van der Waals surface area contributed by atoms with Gasteiger partial charge >= 0.3 is 6.09 Å². The molecule has 1 heterocycles. The van der Waals surface area contributed by atoms with Crippen molar-refractivity contribution < 1.29 is 29.1 Å². The van der Waals surface area contributed by atoms with E-state index in [1.165, 1.54) is 5.56 Å². The minimum absolute atomic E-state index is 0.165. The van der Waals surface area contributed by atoms with E-state index in [0.29, 0.717) is 38.1 Å². The summed E-state index contributed by atoms with van der Waals surface area (Å²) in [7, 11) is 2.09. The maximum Gasteiger partial charge on any atom is 0.407 e. The fourth-order valence-electron chi connectivity index (χ4n) is 5.44. The second kappa shape index (κ2) is 11.8. The quantitative estimate of drug-likeness (QED) is 0.376. The van der Waals surface area contributed by atoms with E-state index in [4.69, 9.17) is 24.3 Å². The van der Waals surface area contributed by atoms with Crippen LogP contribution in [-0.4, -0.2) is 48.8 Å². The van der Waals surface area contributed by atoms with Crippen molar-refractivity contribution in [3.05, 3.63) is 35.9 Å². The normalized spacial score (nSPS) is 31.0. The summed E-state index contributed by atoms with van der Waals surface area (Å²) in [4.78, 5) is 37.8. The zero-order valence-electron chi connectivity index (χ0n) is 22.4. The molecule has 2 spiro atoms. The van der Waals surface area contributed by atoms with Gasteiger partial charge < -0.3 is 15.0 Å². The Balaban J connectivity index is 1.09. The molecule has 3 fully saturated rings. The largest absolute Gasteiger partial charge is 0.446 e. The highest BCUT2D eigenvalue weighted by Crippen LogP contribution is 2.48. The summed E-state index contributed by atoms with van der Waals surface area (Å²) in [6, 6.07) is 10.4. The molecule has 1 aliphatic heterocycles. The second-order valence-corrected chi connectivity index (χ2v) is 11.9. The van der Waals surface area contributed by atoms with Gasteiger partial charge in [0.15, 0.2) is 0 Å². The van der Waals surface area contributed by atoms with Gasteiger partial charge in [-0.15, -0.1) is 0 Å². The fourth-order valence-corrected chi connectivity index (χ4v) is 5.44. The molecular formula is C28H44N2O6. The van der Waals surface area contributed by atoms with Crippen LogP contribution in [0.3, 0.4) is 0 Å². The van der Waals surface area contributed by atoms with Gasteiger partial charge in [-0.1, -0.05) is 51.1 Å². The summed E-state index contributed by atoms with van der Waals surface area (Å²) < 4.78 is 5.63. The zero-order valence-corrected chi connectivity index (χ0v) is 22.4. The summed E-state index contributed by atoms with van der Waals surface area (Å²) in [5.74, 6) is -1.07. The number of hydrogen-bond donors (Lipinski definition) is 1. The van der Waals surface area contributed by atoms with Gasteiger partial charge in [0.25, 0.3) is 0 Å². The maximum atomic E-state index is 12.3. The molecule has 1 aromatic rings. The van der Waals surface area contributed by atoms with Crippen molar-refractivity contribution in [2.24, 2.45) is 11.3 Å². The van der Waals surface area contributed by atoms with Crippen LogP contribution in [0.5, 0.6) is 0 Å². The summed E-state index contributed by atoms with van der Waals surface area (Å²) >= 11 is 0. The van der Waals surface area contributed by atoms with E-state index >= 15 is 0 Å². The molecule has 1 aromatic carbocycles. The van der Waals surface area contributed by atoms with Gasteiger partial charge in [-0.05, 0) is 62.6 Å². The Morgan fingerprint density at radius 2 is 1.53 bits per heavy atom. The molecule has 0 aromatic heterocycles. The van der Waals surface area contributed by atoms with Crippen LogP contribution in [0.25, 0.3) is 0 Å². The van der Waals surface area contributed by atoms with Gasteiger partial charge in [0, 0.05) is 38.8 Å². The first-order chi connectivity index (χ1) is 17.2. The van der Waals surface area contributed by atoms with Crippen molar-refractivity contribution in [2.75, 3.05) is 20.1 Å². The van der Waals surface area contributed by atoms with Crippen LogP contribution < -0.4 is 5.32 Å². The van der Waals surface area contributed by atoms with Gasteiger partial charge in [0.05, 0.1) is 0 Å². The zero-order chi connectivity index (χ0) is 25.7. The van der Waals surface area contributed by atoms with E-state index in [2.05, 4.69) is 62.3 Å². The van der Waals surface area contributed by atoms with Gasteiger partial charge in [-0.2, -0.15) is 19.6 Å². The van der Waals surface area contributed by atoms with Gasteiger partial charge in [0.2, 0.25) is 11.6 Å². The number of amides is 1. The fraction of sp³-hybridized carbons (Fsp3) is 0.750. The van der Waals surface area contributed by atoms with E-state index in [1.807, 2.05) is 6.07 Å².